The maximum atomic E-state index is 12.7. The van der Waals surface area contributed by atoms with E-state index in [0.717, 1.165) is 26.1 Å². The Labute approximate surface area is 177 Å². The van der Waals surface area contributed by atoms with Gasteiger partial charge in [0.2, 0.25) is 0 Å². The van der Waals surface area contributed by atoms with Crippen LogP contribution in [0.15, 0.2) is 36.4 Å². The number of nitrogens with one attached hydrogen (secondary N) is 1. The zero-order valence-electron chi connectivity index (χ0n) is 17.9. The zero-order chi connectivity index (χ0) is 21.3. The molecule has 0 fully saturated rings. The summed E-state index contributed by atoms with van der Waals surface area (Å²) in [6, 6.07) is 10.6. The number of ether oxygens (including phenoxy) is 4. The van der Waals surface area contributed by atoms with Gasteiger partial charge in [-0.05, 0) is 43.4 Å². The summed E-state index contributed by atoms with van der Waals surface area (Å²) >= 11 is 0. The summed E-state index contributed by atoms with van der Waals surface area (Å²) < 4.78 is 22.6. The number of anilines is 1. The number of likely N-dealkylation sites (N-methyl/N-ethyl adjacent to an activating group) is 1. The highest BCUT2D eigenvalue weighted by atomic mass is 16.5. The van der Waals surface area contributed by atoms with Gasteiger partial charge in [-0.15, -0.1) is 0 Å². The van der Waals surface area contributed by atoms with Crippen LogP contribution in [0.2, 0.25) is 0 Å². The molecule has 7 nitrogen and oxygen atoms in total. The first-order valence-electron chi connectivity index (χ1n) is 10.4. The molecule has 1 N–H and O–H groups in total. The number of nitrogens with zero attached hydrogens (tertiary/aromatic N) is 1. The van der Waals surface area contributed by atoms with E-state index in [4.69, 9.17) is 18.9 Å². The van der Waals surface area contributed by atoms with E-state index >= 15 is 0 Å². The predicted octanol–water partition coefficient (Wildman–Crippen LogP) is 3.83. The number of hydrogen-bond acceptors (Lipinski definition) is 6. The SMILES string of the molecule is CCN(CC)CCOc1cc(NC(=O)c2ccc3c(c2)OCCCO3)ccc1OC. The van der Waals surface area contributed by atoms with Gasteiger partial charge in [0, 0.05) is 30.3 Å². The number of benzene rings is 2. The quantitative estimate of drug-likeness (QED) is 0.673. The van der Waals surface area contributed by atoms with E-state index in [9.17, 15) is 4.79 Å². The van der Waals surface area contributed by atoms with E-state index in [1.54, 1.807) is 43.5 Å². The summed E-state index contributed by atoms with van der Waals surface area (Å²) in [5.74, 6) is 2.25. The zero-order valence-corrected chi connectivity index (χ0v) is 17.9. The van der Waals surface area contributed by atoms with Gasteiger partial charge in [0.05, 0.1) is 20.3 Å². The van der Waals surface area contributed by atoms with Crippen LogP contribution in [0.3, 0.4) is 0 Å². The van der Waals surface area contributed by atoms with E-state index in [-0.39, 0.29) is 5.91 Å². The monoisotopic (exact) mass is 414 g/mol. The van der Waals surface area contributed by atoms with Crippen molar-refractivity contribution in [3.05, 3.63) is 42.0 Å². The van der Waals surface area contributed by atoms with Gasteiger partial charge in [-0.2, -0.15) is 0 Å². The third-order valence-electron chi connectivity index (χ3n) is 4.99. The molecule has 162 valence electrons. The Balaban J connectivity index is 1.68. The molecule has 0 atom stereocenters. The average Bonchev–Trinajstić information content (AvgIpc) is 3.02. The predicted molar refractivity (Wildman–Crippen MR) is 116 cm³/mol. The van der Waals surface area contributed by atoms with Crippen LogP contribution in [0.25, 0.3) is 0 Å². The van der Waals surface area contributed by atoms with Gasteiger partial charge < -0.3 is 29.2 Å². The van der Waals surface area contributed by atoms with E-state index in [1.165, 1.54) is 0 Å². The van der Waals surface area contributed by atoms with Crippen molar-refractivity contribution in [3.8, 4) is 23.0 Å². The van der Waals surface area contributed by atoms with Crippen LogP contribution in [-0.4, -0.2) is 57.4 Å². The number of rotatable bonds is 9. The van der Waals surface area contributed by atoms with Crippen molar-refractivity contribution in [2.24, 2.45) is 0 Å². The van der Waals surface area contributed by atoms with Crippen LogP contribution in [0.5, 0.6) is 23.0 Å². The largest absolute Gasteiger partial charge is 0.493 e. The lowest BCUT2D eigenvalue weighted by molar-refractivity contribution is 0.102. The van der Waals surface area contributed by atoms with Crippen molar-refractivity contribution < 1.29 is 23.7 Å². The van der Waals surface area contributed by atoms with Crippen LogP contribution in [-0.2, 0) is 0 Å². The van der Waals surface area contributed by atoms with Crippen molar-refractivity contribution in [2.75, 3.05) is 51.9 Å². The van der Waals surface area contributed by atoms with Crippen molar-refractivity contribution >= 4 is 11.6 Å². The molecule has 2 aromatic carbocycles. The van der Waals surface area contributed by atoms with E-state index in [2.05, 4.69) is 24.1 Å². The normalized spacial score (nSPS) is 12.9. The second-order valence-electron chi connectivity index (χ2n) is 6.91. The van der Waals surface area contributed by atoms with E-state index in [0.29, 0.717) is 54.1 Å². The summed E-state index contributed by atoms with van der Waals surface area (Å²) in [6.07, 6.45) is 0.819. The molecule has 7 heteroatoms. The molecule has 1 heterocycles. The first-order chi connectivity index (χ1) is 14.6. The van der Waals surface area contributed by atoms with E-state index < -0.39 is 0 Å². The molecule has 1 amide bonds. The van der Waals surface area contributed by atoms with Crippen LogP contribution < -0.4 is 24.3 Å². The number of methoxy groups -OCH3 is 1. The Morgan fingerprint density at radius 3 is 2.53 bits per heavy atom. The van der Waals surface area contributed by atoms with Crippen molar-refractivity contribution in [1.82, 2.24) is 4.90 Å². The summed E-state index contributed by atoms with van der Waals surface area (Å²) in [5.41, 5.74) is 1.13. The number of carbonyl (C=O) groups excluding carboxylic acids is 1. The lowest BCUT2D eigenvalue weighted by atomic mass is 10.1. The van der Waals surface area contributed by atoms with Crippen molar-refractivity contribution in [3.63, 3.8) is 0 Å². The Hall–Kier alpha value is -2.93. The van der Waals surface area contributed by atoms with Gasteiger partial charge in [0.15, 0.2) is 23.0 Å². The first-order valence-corrected chi connectivity index (χ1v) is 10.4. The van der Waals surface area contributed by atoms with Gasteiger partial charge in [-0.1, -0.05) is 13.8 Å². The molecule has 1 aliphatic rings. The van der Waals surface area contributed by atoms with Gasteiger partial charge in [-0.3, -0.25) is 4.79 Å². The molecule has 0 spiro atoms. The summed E-state index contributed by atoms with van der Waals surface area (Å²) in [4.78, 5) is 15.0. The lowest BCUT2D eigenvalue weighted by Gasteiger charge is -2.19. The Bertz CT molecular complexity index is 851. The summed E-state index contributed by atoms with van der Waals surface area (Å²) in [5, 5.41) is 2.91. The molecule has 0 saturated heterocycles. The second kappa shape index (κ2) is 10.7. The van der Waals surface area contributed by atoms with Gasteiger partial charge in [-0.25, -0.2) is 0 Å². The van der Waals surface area contributed by atoms with Crippen molar-refractivity contribution in [2.45, 2.75) is 20.3 Å². The fourth-order valence-corrected chi connectivity index (χ4v) is 3.20. The molecule has 1 aliphatic heterocycles. The highest BCUT2D eigenvalue weighted by molar-refractivity contribution is 6.04. The standard InChI is InChI=1S/C23H30N2O5/c1-4-25(5-2)11-14-30-22-16-18(8-10-19(22)27-3)24-23(26)17-7-9-20-21(15-17)29-13-6-12-28-20/h7-10,15-16H,4-6,11-14H2,1-3H3,(H,24,26). The minimum Gasteiger partial charge on any atom is -0.493 e. The number of amides is 1. The first kappa shape index (κ1) is 21.8. The highest BCUT2D eigenvalue weighted by Crippen LogP contribution is 2.32. The van der Waals surface area contributed by atoms with Crippen LogP contribution in [0.4, 0.5) is 5.69 Å². The highest BCUT2D eigenvalue weighted by Gasteiger charge is 2.15. The molecule has 3 rings (SSSR count). The smallest absolute Gasteiger partial charge is 0.255 e. The molecule has 0 unspecified atom stereocenters. The lowest BCUT2D eigenvalue weighted by Crippen LogP contribution is -2.28. The number of fused-ring (bicyclic) bond motifs is 1. The van der Waals surface area contributed by atoms with Crippen LogP contribution in [0, 0.1) is 0 Å². The molecular formula is C23H30N2O5. The number of hydrogen-bond donors (Lipinski definition) is 1. The molecular weight excluding hydrogens is 384 g/mol. The van der Waals surface area contributed by atoms with Crippen molar-refractivity contribution in [1.29, 1.82) is 0 Å². The maximum absolute atomic E-state index is 12.7. The third kappa shape index (κ3) is 5.57. The minimum absolute atomic E-state index is 0.232. The molecule has 0 radical (unpaired) electrons. The minimum atomic E-state index is -0.232. The Morgan fingerprint density at radius 1 is 1.03 bits per heavy atom. The fraction of sp³-hybridized carbons (Fsp3) is 0.435. The van der Waals surface area contributed by atoms with Crippen LogP contribution >= 0.6 is 0 Å². The second-order valence-corrected chi connectivity index (χ2v) is 6.91. The average molecular weight is 415 g/mol. The van der Waals surface area contributed by atoms with Crippen LogP contribution in [0.1, 0.15) is 30.6 Å². The molecule has 2 aromatic rings. The maximum Gasteiger partial charge on any atom is 0.255 e. The summed E-state index contributed by atoms with van der Waals surface area (Å²) in [7, 11) is 1.60. The van der Waals surface area contributed by atoms with Gasteiger partial charge in [0.1, 0.15) is 6.61 Å². The van der Waals surface area contributed by atoms with Gasteiger partial charge >= 0.3 is 0 Å². The Kier molecular flexibility index (Phi) is 7.79. The Morgan fingerprint density at radius 2 is 1.80 bits per heavy atom. The third-order valence-corrected chi connectivity index (χ3v) is 4.99. The molecule has 30 heavy (non-hydrogen) atoms. The molecule has 0 aliphatic carbocycles. The van der Waals surface area contributed by atoms with E-state index in [1.807, 2.05) is 0 Å². The fourth-order valence-electron chi connectivity index (χ4n) is 3.20. The molecule has 0 saturated carbocycles. The molecule has 0 bridgehead atoms. The summed E-state index contributed by atoms with van der Waals surface area (Å²) in [6.45, 7) is 8.75. The number of carbonyl (C=O) groups is 1. The molecule has 0 aromatic heterocycles. The topological polar surface area (TPSA) is 69.3 Å². The van der Waals surface area contributed by atoms with Gasteiger partial charge in [0.25, 0.3) is 5.91 Å².